The van der Waals surface area contributed by atoms with Crippen molar-refractivity contribution in [3.8, 4) is 5.75 Å². The molecule has 26 heavy (non-hydrogen) atoms. The summed E-state index contributed by atoms with van der Waals surface area (Å²) in [6, 6.07) is 13.2. The first kappa shape index (κ1) is 19.6. The number of carbonyl (C=O) groups excluding carboxylic acids is 1. The van der Waals surface area contributed by atoms with Crippen LogP contribution in [0.2, 0.25) is 0 Å². The normalized spacial score (nSPS) is 11.7. The SMILES string of the molecule is CCC(C)N(Cc1cc(N)ccc1N(C)C)C(=O)c1ccc(OC)cc1. The molecular weight excluding hydrogens is 326 g/mol. The molecule has 1 amide bonds. The Hall–Kier alpha value is -2.69. The number of hydrogen-bond acceptors (Lipinski definition) is 4. The van der Waals surface area contributed by atoms with E-state index >= 15 is 0 Å². The highest BCUT2D eigenvalue weighted by atomic mass is 16.5. The third-order valence-corrected chi connectivity index (χ3v) is 4.65. The molecule has 0 aliphatic rings. The van der Waals surface area contributed by atoms with E-state index in [0.29, 0.717) is 17.8 Å². The molecule has 2 aromatic carbocycles. The van der Waals surface area contributed by atoms with Gasteiger partial charge in [-0.15, -0.1) is 0 Å². The zero-order valence-corrected chi connectivity index (χ0v) is 16.3. The Morgan fingerprint density at radius 2 is 1.81 bits per heavy atom. The van der Waals surface area contributed by atoms with Gasteiger partial charge in [0, 0.05) is 43.6 Å². The Kier molecular flexibility index (Phi) is 6.50. The topological polar surface area (TPSA) is 58.8 Å². The number of nitrogens with zero attached hydrogens (tertiary/aromatic N) is 2. The van der Waals surface area contributed by atoms with E-state index < -0.39 is 0 Å². The van der Waals surface area contributed by atoms with Crippen LogP contribution in [-0.4, -0.2) is 38.1 Å². The lowest BCUT2D eigenvalue weighted by molar-refractivity contribution is 0.0672. The van der Waals surface area contributed by atoms with Crippen LogP contribution in [0.1, 0.15) is 36.2 Å². The van der Waals surface area contributed by atoms with Crippen LogP contribution in [0.25, 0.3) is 0 Å². The molecule has 0 fully saturated rings. The van der Waals surface area contributed by atoms with Gasteiger partial charge < -0.3 is 20.3 Å². The first-order valence-electron chi connectivity index (χ1n) is 8.88. The third-order valence-electron chi connectivity index (χ3n) is 4.65. The van der Waals surface area contributed by atoms with Gasteiger partial charge in [-0.2, -0.15) is 0 Å². The number of amides is 1. The lowest BCUT2D eigenvalue weighted by Crippen LogP contribution is -2.38. The van der Waals surface area contributed by atoms with Crippen molar-refractivity contribution in [2.45, 2.75) is 32.9 Å². The predicted molar refractivity (Wildman–Crippen MR) is 108 cm³/mol. The minimum Gasteiger partial charge on any atom is -0.497 e. The van der Waals surface area contributed by atoms with Crippen molar-refractivity contribution >= 4 is 17.3 Å². The first-order valence-corrected chi connectivity index (χ1v) is 8.88. The van der Waals surface area contributed by atoms with Crippen LogP contribution in [-0.2, 0) is 6.54 Å². The Morgan fingerprint density at radius 3 is 2.35 bits per heavy atom. The van der Waals surface area contributed by atoms with E-state index in [9.17, 15) is 4.79 Å². The summed E-state index contributed by atoms with van der Waals surface area (Å²) in [5.74, 6) is 0.747. The molecule has 1 atom stereocenters. The highest BCUT2D eigenvalue weighted by Crippen LogP contribution is 2.25. The Bertz CT molecular complexity index is 741. The van der Waals surface area contributed by atoms with Crippen LogP contribution < -0.4 is 15.4 Å². The summed E-state index contributed by atoms with van der Waals surface area (Å²) in [6.45, 7) is 4.67. The first-order chi connectivity index (χ1) is 12.4. The molecule has 0 radical (unpaired) electrons. The second kappa shape index (κ2) is 8.61. The number of carbonyl (C=O) groups is 1. The van der Waals surface area contributed by atoms with Crippen molar-refractivity contribution in [1.29, 1.82) is 0 Å². The highest BCUT2D eigenvalue weighted by molar-refractivity contribution is 5.94. The molecule has 1 unspecified atom stereocenters. The standard InChI is InChI=1S/C21H29N3O2/c1-6-15(2)24(21(25)16-7-10-19(26-5)11-8-16)14-17-13-18(22)9-12-20(17)23(3)4/h7-13,15H,6,14,22H2,1-5H3. The van der Waals surface area contributed by atoms with E-state index in [4.69, 9.17) is 10.5 Å². The number of methoxy groups -OCH3 is 1. The second-order valence-corrected chi connectivity index (χ2v) is 6.70. The molecule has 0 saturated heterocycles. The molecule has 0 bridgehead atoms. The number of benzene rings is 2. The van der Waals surface area contributed by atoms with E-state index in [2.05, 4.69) is 13.8 Å². The minimum absolute atomic E-state index is 0.00846. The van der Waals surface area contributed by atoms with Crippen LogP contribution >= 0.6 is 0 Å². The van der Waals surface area contributed by atoms with Crippen LogP contribution in [0.15, 0.2) is 42.5 Å². The van der Waals surface area contributed by atoms with Crippen molar-refractivity contribution in [3.05, 3.63) is 53.6 Å². The Balaban J connectivity index is 2.36. The molecule has 0 saturated carbocycles. The van der Waals surface area contributed by atoms with Gasteiger partial charge in [0.25, 0.3) is 5.91 Å². The van der Waals surface area contributed by atoms with Crippen LogP contribution in [0.3, 0.4) is 0 Å². The van der Waals surface area contributed by atoms with Crippen LogP contribution in [0.4, 0.5) is 11.4 Å². The lowest BCUT2D eigenvalue weighted by atomic mass is 10.1. The predicted octanol–water partition coefficient (Wildman–Crippen LogP) is 3.78. The van der Waals surface area contributed by atoms with Crippen molar-refractivity contribution in [2.24, 2.45) is 0 Å². The average molecular weight is 355 g/mol. The van der Waals surface area contributed by atoms with E-state index in [0.717, 1.165) is 23.4 Å². The summed E-state index contributed by atoms with van der Waals surface area (Å²) >= 11 is 0. The van der Waals surface area contributed by atoms with Crippen molar-refractivity contribution < 1.29 is 9.53 Å². The van der Waals surface area contributed by atoms with Gasteiger partial charge in [-0.1, -0.05) is 6.92 Å². The molecule has 0 aromatic heterocycles. The maximum atomic E-state index is 13.2. The van der Waals surface area contributed by atoms with Gasteiger partial charge in [-0.05, 0) is 61.4 Å². The van der Waals surface area contributed by atoms with Gasteiger partial charge in [0.05, 0.1) is 7.11 Å². The lowest BCUT2D eigenvalue weighted by Gasteiger charge is -2.30. The van der Waals surface area contributed by atoms with E-state index in [1.54, 1.807) is 7.11 Å². The number of rotatable bonds is 7. The fraction of sp³-hybridized carbons (Fsp3) is 0.381. The maximum absolute atomic E-state index is 13.2. The summed E-state index contributed by atoms with van der Waals surface area (Å²) in [5.41, 5.74) is 9.45. The maximum Gasteiger partial charge on any atom is 0.254 e. The van der Waals surface area contributed by atoms with Crippen LogP contribution in [0.5, 0.6) is 5.75 Å². The number of nitrogen functional groups attached to an aromatic ring is 1. The molecule has 2 aromatic rings. The van der Waals surface area contributed by atoms with E-state index in [-0.39, 0.29) is 11.9 Å². The third kappa shape index (κ3) is 4.48. The number of ether oxygens (including phenoxy) is 1. The molecule has 2 rings (SSSR count). The van der Waals surface area contributed by atoms with E-state index in [1.807, 2.05) is 66.4 Å². The van der Waals surface area contributed by atoms with Gasteiger partial charge in [0.1, 0.15) is 5.75 Å². The molecule has 0 aliphatic carbocycles. The van der Waals surface area contributed by atoms with Crippen LogP contribution in [0, 0.1) is 0 Å². The fourth-order valence-electron chi connectivity index (χ4n) is 2.90. The molecule has 5 heteroatoms. The second-order valence-electron chi connectivity index (χ2n) is 6.70. The molecule has 0 spiro atoms. The number of anilines is 2. The van der Waals surface area contributed by atoms with Gasteiger partial charge in [-0.25, -0.2) is 0 Å². The summed E-state index contributed by atoms with van der Waals surface area (Å²) < 4.78 is 5.18. The Labute approximate surface area is 156 Å². The molecular formula is C21H29N3O2. The fourth-order valence-corrected chi connectivity index (χ4v) is 2.90. The van der Waals surface area contributed by atoms with Gasteiger partial charge in [0.2, 0.25) is 0 Å². The molecule has 0 aliphatic heterocycles. The van der Waals surface area contributed by atoms with Crippen molar-refractivity contribution in [2.75, 3.05) is 31.8 Å². The van der Waals surface area contributed by atoms with Gasteiger partial charge in [0.15, 0.2) is 0 Å². The number of nitrogens with two attached hydrogens (primary N) is 1. The summed E-state index contributed by atoms with van der Waals surface area (Å²) in [7, 11) is 5.60. The van der Waals surface area contributed by atoms with Crippen molar-refractivity contribution in [1.82, 2.24) is 4.90 Å². The van der Waals surface area contributed by atoms with E-state index in [1.165, 1.54) is 0 Å². The quantitative estimate of drug-likeness (QED) is 0.768. The smallest absolute Gasteiger partial charge is 0.254 e. The summed E-state index contributed by atoms with van der Waals surface area (Å²) in [4.78, 5) is 17.1. The minimum atomic E-state index is 0.00846. The molecule has 140 valence electrons. The number of hydrogen-bond donors (Lipinski definition) is 1. The highest BCUT2D eigenvalue weighted by Gasteiger charge is 2.22. The monoisotopic (exact) mass is 355 g/mol. The zero-order chi connectivity index (χ0) is 19.3. The van der Waals surface area contributed by atoms with Gasteiger partial charge >= 0.3 is 0 Å². The average Bonchev–Trinajstić information content (AvgIpc) is 2.64. The molecule has 0 heterocycles. The largest absolute Gasteiger partial charge is 0.497 e. The Morgan fingerprint density at radius 1 is 1.15 bits per heavy atom. The zero-order valence-electron chi connectivity index (χ0n) is 16.3. The molecule has 2 N–H and O–H groups in total. The van der Waals surface area contributed by atoms with Gasteiger partial charge in [-0.3, -0.25) is 4.79 Å². The summed E-state index contributed by atoms with van der Waals surface area (Å²) in [5, 5.41) is 0. The van der Waals surface area contributed by atoms with Crippen molar-refractivity contribution in [3.63, 3.8) is 0 Å². The summed E-state index contributed by atoms with van der Waals surface area (Å²) in [6.07, 6.45) is 0.876. The molecule has 5 nitrogen and oxygen atoms in total.